The van der Waals surface area contributed by atoms with E-state index < -0.39 is 0 Å². The van der Waals surface area contributed by atoms with Crippen molar-refractivity contribution < 1.29 is 4.79 Å². The molecule has 2 heterocycles. The molecule has 2 aromatic rings. The van der Waals surface area contributed by atoms with E-state index in [1.54, 1.807) is 23.8 Å². The summed E-state index contributed by atoms with van der Waals surface area (Å²) in [6.07, 6.45) is 1.74. The van der Waals surface area contributed by atoms with Gasteiger partial charge in [-0.15, -0.1) is 5.10 Å². The van der Waals surface area contributed by atoms with E-state index in [0.29, 0.717) is 5.65 Å². The van der Waals surface area contributed by atoms with Gasteiger partial charge in [-0.3, -0.25) is 4.79 Å². The summed E-state index contributed by atoms with van der Waals surface area (Å²) in [6.45, 7) is 4.00. The third kappa shape index (κ3) is 2.31. The van der Waals surface area contributed by atoms with Crippen LogP contribution >= 0.6 is 0 Å². The Morgan fingerprint density at radius 2 is 2.13 bits per heavy atom. The molecule has 0 atom stereocenters. The normalized spacial score (nSPS) is 9.27. The number of pyridine rings is 1. The number of hydrogen-bond acceptors (Lipinski definition) is 3. The fourth-order valence-electron chi connectivity index (χ4n) is 1.04. The second-order valence-electron chi connectivity index (χ2n) is 2.52. The van der Waals surface area contributed by atoms with Crippen molar-refractivity contribution >= 4 is 11.6 Å². The lowest BCUT2D eigenvalue weighted by Gasteiger charge is -1.88. The predicted molar refractivity (Wildman–Crippen MR) is 57.7 cm³/mol. The third-order valence-corrected chi connectivity index (χ3v) is 1.67. The van der Waals surface area contributed by atoms with Crippen molar-refractivity contribution in [3.63, 3.8) is 0 Å². The molecule has 0 radical (unpaired) electrons. The molecule has 0 saturated carbocycles. The van der Waals surface area contributed by atoms with Crippen LogP contribution in [0.25, 0.3) is 5.65 Å². The van der Waals surface area contributed by atoms with E-state index in [0.717, 1.165) is 0 Å². The fraction of sp³-hybridized carbons (Fsp3) is 0.300. The maximum Gasteiger partial charge on any atom is 0.290 e. The minimum Gasteiger partial charge on any atom is -0.352 e. The summed E-state index contributed by atoms with van der Waals surface area (Å²) < 4.78 is 1.56. The molecule has 0 aromatic carbocycles. The van der Waals surface area contributed by atoms with Crippen molar-refractivity contribution in [2.75, 3.05) is 7.05 Å². The van der Waals surface area contributed by atoms with E-state index in [9.17, 15) is 4.79 Å². The lowest BCUT2D eigenvalue weighted by molar-refractivity contribution is 0.0953. The Balaban J connectivity index is 0.000000531. The highest BCUT2D eigenvalue weighted by molar-refractivity contribution is 5.90. The van der Waals surface area contributed by atoms with Gasteiger partial charge in [0, 0.05) is 13.2 Å². The zero-order valence-corrected chi connectivity index (χ0v) is 9.06. The summed E-state index contributed by atoms with van der Waals surface area (Å²) in [4.78, 5) is 15.2. The third-order valence-electron chi connectivity index (χ3n) is 1.67. The Hall–Kier alpha value is -1.91. The minimum absolute atomic E-state index is 0.189. The maximum absolute atomic E-state index is 11.1. The van der Waals surface area contributed by atoms with Gasteiger partial charge in [0.1, 0.15) is 0 Å². The van der Waals surface area contributed by atoms with Crippen LogP contribution in [-0.4, -0.2) is 27.6 Å². The van der Waals surface area contributed by atoms with Crippen LogP contribution in [0.15, 0.2) is 24.4 Å². The fourth-order valence-corrected chi connectivity index (χ4v) is 1.04. The van der Waals surface area contributed by atoms with Gasteiger partial charge in [-0.05, 0) is 12.1 Å². The van der Waals surface area contributed by atoms with E-state index in [1.807, 2.05) is 26.0 Å². The standard InChI is InChI=1S/C8H8N4O.C2H6/c1-9-8(13)7-10-6-4-2-3-5-12(6)11-7;1-2/h2-5H,1H3,(H,9,13);1-2H3. The Morgan fingerprint density at radius 3 is 2.73 bits per heavy atom. The van der Waals surface area contributed by atoms with Gasteiger partial charge in [-0.2, -0.15) is 0 Å². The lowest BCUT2D eigenvalue weighted by Crippen LogP contribution is -2.19. The van der Waals surface area contributed by atoms with Crippen LogP contribution in [0.2, 0.25) is 0 Å². The van der Waals surface area contributed by atoms with Crippen molar-refractivity contribution in [3.05, 3.63) is 30.2 Å². The van der Waals surface area contributed by atoms with Crippen molar-refractivity contribution in [2.24, 2.45) is 0 Å². The summed E-state index contributed by atoms with van der Waals surface area (Å²) in [7, 11) is 1.55. The molecule has 0 spiro atoms. The molecule has 2 aromatic heterocycles. The zero-order chi connectivity index (χ0) is 11.3. The number of amides is 1. The summed E-state index contributed by atoms with van der Waals surface area (Å²) in [5.74, 6) is -0.0857. The number of rotatable bonds is 1. The number of carbonyl (C=O) groups excluding carboxylic acids is 1. The first-order chi connectivity index (χ1) is 7.31. The molecule has 5 heteroatoms. The second-order valence-corrected chi connectivity index (χ2v) is 2.52. The Bertz CT molecular complexity index is 416. The molecule has 1 N–H and O–H groups in total. The molecular formula is C10H14N4O. The van der Waals surface area contributed by atoms with Gasteiger partial charge in [0.25, 0.3) is 5.91 Å². The summed E-state index contributed by atoms with van der Waals surface area (Å²) in [5.41, 5.74) is 0.668. The Kier molecular flexibility index (Phi) is 3.79. The highest BCUT2D eigenvalue weighted by Gasteiger charge is 2.09. The first-order valence-electron chi connectivity index (χ1n) is 4.85. The number of nitrogens with zero attached hydrogens (tertiary/aromatic N) is 3. The molecule has 0 saturated heterocycles. The summed E-state index contributed by atoms with van der Waals surface area (Å²) in [5, 5.41) is 6.44. The van der Waals surface area contributed by atoms with E-state index in [4.69, 9.17) is 0 Å². The molecule has 0 fully saturated rings. The topological polar surface area (TPSA) is 59.3 Å². The number of hydrogen-bond donors (Lipinski definition) is 1. The van der Waals surface area contributed by atoms with E-state index >= 15 is 0 Å². The van der Waals surface area contributed by atoms with Crippen LogP contribution in [0.1, 0.15) is 24.5 Å². The molecule has 0 aliphatic carbocycles. The van der Waals surface area contributed by atoms with Gasteiger partial charge >= 0.3 is 0 Å². The van der Waals surface area contributed by atoms with Crippen LogP contribution < -0.4 is 5.32 Å². The molecule has 80 valence electrons. The highest BCUT2D eigenvalue weighted by Crippen LogP contribution is 1.99. The highest BCUT2D eigenvalue weighted by atomic mass is 16.2. The largest absolute Gasteiger partial charge is 0.352 e. The van der Waals surface area contributed by atoms with Crippen molar-refractivity contribution in [1.82, 2.24) is 19.9 Å². The number of aromatic nitrogens is 3. The molecule has 2 rings (SSSR count). The van der Waals surface area contributed by atoms with Crippen molar-refractivity contribution in [1.29, 1.82) is 0 Å². The number of fused-ring (bicyclic) bond motifs is 1. The Labute approximate surface area is 88.1 Å². The first-order valence-corrected chi connectivity index (χ1v) is 4.85. The average Bonchev–Trinajstić information content (AvgIpc) is 2.74. The van der Waals surface area contributed by atoms with Gasteiger partial charge in [0.05, 0.1) is 0 Å². The van der Waals surface area contributed by atoms with Crippen molar-refractivity contribution in [2.45, 2.75) is 13.8 Å². The van der Waals surface area contributed by atoms with E-state index in [1.165, 1.54) is 0 Å². The van der Waals surface area contributed by atoms with Gasteiger partial charge in [-0.25, -0.2) is 9.50 Å². The quantitative estimate of drug-likeness (QED) is 0.760. The zero-order valence-electron chi connectivity index (χ0n) is 9.06. The van der Waals surface area contributed by atoms with Crippen LogP contribution in [0.4, 0.5) is 0 Å². The lowest BCUT2D eigenvalue weighted by atomic mass is 10.5. The van der Waals surface area contributed by atoms with E-state index in [-0.39, 0.29) is 11.7 Å². The molecule has 0 aliphatic rings. The van der Waals surface area contributed by atoms with Crippen molar-refractivity contribution in [3.8, 4) is 0 Å². The SMILES string of the molecule is CC.CNC(=O)c1nc2ccccn2n1. The van der Waals surface area contributed by atoms with Gasteiger partial charge < -0.3 is 5.32 Å². The van der Waals surface area contributed by atoms with Gasteiger partial charge in [0.2, 0.25) is 5.82 Å². The average molecular weight is 206 g/mol. The Morgan fingerprint density at radius 1 is 1.40 bits per heavy atom. The molecule has 0 aliphatic heterocycles. The van der Waals surface area contributed by atoms with E-state index in [2.05, 4.69) is 15.4 Å². The van der Waals surface area contributed by atoms with Gasteiger partial charge in [-0.1, -0.05) is 19.9 Å². The van der Waals surface area contributed by atoms with Crippen LogP contribution in [0.5, 0.6) is 0 Å². The number of carbonyl (C=O) groups is 1. The first kappa shape index (κ1) is 11.2. The van der Waals surface area contributed by atoms with Gasteiger partial charge in [0.15, 0.2) is 5.65 Å². The summed E-state index contributed by atoms with van der Waals surface area (Å²) >= 11 is 0. The monoisotopic (exact) mass is 206 g/mol. The predicted octanol–water partition coefficient (Wildman–Crippen LogP) is 1.12. The molecule has 1 amide bonds. The molecule has 0 bridgehead atoms. The molecule has 5 nitrogen and oxygen atoms in total. The number of nitrogens with one attached hydrogen (secondary N) is 1. The van der Waals surface area contributed by atoms with Crippen LogP contribution in [-0.2, 0) is 0 Å². The molecule has 15 heavy (non-hydrogen) atoms. The summed E-state index contributed by atoms with van der Waals surface area (Å²) in [6, 6.07) is 5.46. The van der Waals surface area contributed by atoms with Crippen LogP contribution in [0.3, 0.4) is 0 Å². The second kappa shape index (κ2) is 5.09. The maximum atomic E-state index is 11.1. The molecular weight excluding hydrogens is 192 g/mol. The van der Waals surface area contributed by atoms with Crippen LogP contribution in [0, 0.1) is 0 Å². The minimum atomic E-state index is -0.274. The molecule has 0 unspecified atom stereocenters. The smallest absolute Gasteiger partial charge is 0.290 e.